The Bertz CT molecular complexity index is 738. The van der Waals surface area contributed by atoms with E-state index in [1.165, 1.54) is 12.1 Å². The maximum absolute atomic E-state index is 13.5. The van der Waals surface area contributed by atoms with Gasteiger partial charge in [-0.3, -0.25) is 0 Å². The predicted molar refractivity (Wildman–Crippen MR) is 74.7 cm³/mol. The first-order chi connectivity index (χ1) is 9.79. The molecule has 2 aromatic carbocycles. The van der Waals surface area contributed by atoms with Gasteiger partial charge in [0.15, 0.2) is 0 Å². The van der Waals surface area contributed by atoms with Crippen molar-refractivity contribution in [2.75, 3.05) is 0 Å². The zero-order chi connectivity index (χ0) is 15.6. The number of rotatable bonds is 4. The van der Waals surface area contributed by atoms with Gasteiger partial charge in [-0.25, -0.2) is 8.78 Å². The molecule has 0 unspecified atom stereocenters. The van der Waals surface area contributed by atoms with Crippen LogP contribution in [0.2, 0.25) is 0 Å². The van der Waals surface area contributed by atoms with Gasteiger partial charge in [-0.05, 0) is 35.7 Å². The molecule has 6 heteroatoms. The Hall–Kier alpha value is -1.95. The molecule has 0 aliphatic carbocycles. The third-order valence-electron chi connectivity index (χ3n) is 2.92. The summed E-state index contributed by atoms with van der Waals surface area (Å²) in [6, 6.07) is 8.65. The molecule has 0 fully saturated rings. The maximum atomic E-state index is 13.5. The van der Waals surface area contributed by atoms with Crippen LogP contribution in [0, 0.1) is 11.6 Å². The van der Waals surface area contributed by atoms with Crippen molar-refractivity contribution in [1.82, 2.24) is 0 Å². The molecule has 0 aliphatic heterocycles. The summed E-state index contributed by atoms with van der Waals surface area (Å²) in [6.07, 6.45) is 0. The Labute approximate surface area is 122 Å². The van der Waals surface area contributed by atoms with Crippen LogP contribution < -0.4 is 4.18 Å². The van der Waals surface area contributed by atoms with Gasteiger partial charge in [-0.15, -0.1) is 0 Å². The summed E-state index contributed by atoms with van der Waals surface area (Å²) in [7, 11) is -4.34. The molecule has 21 heavy (non-hydrogen) atoms. The van der Waals surface area contributed by atoms with Gasteiger partial charge < -0.3 is 4.18 Å². The second-order valence-corrected chi connectivity index (χ2v) is 6.35. The fourth-order valence-corrected chi connectivity index (χ4v) is 2.74. The Kier molecular flexibility index (Phi) is 4.27. The minimum Gasteiger partial charge on any atom is -0.379 e. The highest BCUT2D eigenvalue weighted by atomic mass is 32.2. The molecule has 3 nitrogen and oxygen atoms in total. The second kappa shape index (κ2) is 5.81. The second-order valence-electron chi connectivity index (χ2n) is 4.84. The molecule has 0 saturated carbocycles. The summed E-state index contributed by atoms with van der Waals surface area (Å²) < 4.78 is 55.1. The fraction of sp³-hybridized carbons (Fsp3) is 0.200. The molecule has 0 atom stereocenters. The summed E-state index contributed by atoms with van der Waals surface area (Å²) in [5, 5.41) is 0. The Morgan fingerprint density at radius 2 is 1.62 bits per heavy atom. The topological polar surface area (TPSA) is 43.4 Å². The van der Waals surface area contributed by atoms with Crippen LogP contribution in [0.25, 0.3) is 0 Å². The number of hydrogen-bond acceptors (Lipinski definition) is 3. The molecule has 112 valence electrons. The quantitative estimate of drug-likeness (QED) is 0.805. The van der Waals surface area contributed by atoms with Crippen molar-refractivity contribution in [1.29, 1.82) is 0 Å². The Morgan fingerprint density at radius 3 is 2.14 bits per heavy atom. The highest BCUT2D eigenvalue weighted by Gasteiger charge is 2.21. The lowest BCUT2D eigenvalue weighted by Gasteiger charge is -2.09. The van der Waals surface area contributed by atoms with E-state index in [-0.39, 0.29) is 5.75 Å². The van der Waals surface area contributed by atoms with Crippen molar-refractivity contribution in [3.05, 3.63) is 59.7 Å². The zero-order valence-corrected chi connectivity index (χ0v) is 12.3. The Balaban J connectivity index is 2.28. The third kappa shape index (κ3) is 3.58. The normalized spacial score (nSPS) is 11.7. The van der Waals surface area contributed by atoms with Crippen molar-refractivity contribution in [3.8, 4) is 5.75 Å². The molecule has 0 spiro atoms. The molecular weight excluding hydrogens is 298 g/mol. The average molecular weight is 312 g/mol. The summed E-state index contributed by atoms with van der Waals surface area (Å²) in [5.74, 6) is -1.67. The van der Waals surface area contributed by atoms with Gasteiger partial charge in [0.05, 0.1) is 0 Å². The van der Waals surface area contributed by atoms with Gasteiger partial charge in [0, 0.05) is 6.07 Å². The molecule has 0 heterocycles. The molecule has 0 aromatic heterocycles. The van der Waals surface area contributed by atoms with Crippen LogP contribution in [0.5, 0.6) is 5.75 Å². The lowest BCUT2D eigenvalue weighted by Crippen LogP contribution is -2.12. The van der Waals surface area contributed by atoms with E-state index in [1.807, 2.05) is 13.8 Å². The van der Waals surface area contributed by atoms with Crippen LogP contribution in [-0.2, 0) is 10.1 Å². The fourth-order valence-electron chi connectivity index (χ4n) is 1.76. The van der Waals surface area contributed by atoms with E-state index in [0.717, 1.165) is 17.7 Å². The van der Waals surface area contributed by atoms with Crippen LogP contribution in [0.15, 0.2) is 47.4 Å². The number of halogens is 2. The molecule has 0 N–H and O–H groups in total. The minimum atomic E-state index is -4.34. The van der Waals surface area contributed by atoms with Crippen LogP contribution >= 0.6 is 0 Å². The summed E-state index contributed by atoms with van der Waals surface area (Å²) >= 11 is 0. The van der Waals surface area contributed by atoms with Crippen molar-refractivity contribution in [2.24, 2.45) is 0 Å². The molecule has 0 bridgehead atoms. The van der Waals surface area contributed by atoms with E-state index >= 15 is 0 Å². The first-order valence-electron chi connectivity index (χ1n) is 6.29. The van der Waals surface area contributed by atoms with Crippen LogP contribution in [0.1, 0.15) is 25.3 Å². The predicted octanol–water partition coefficient (Wildman–Crippen LogP) is 3.86. The molecule has 0 radical (unpaired) electrons. The van der Waals surface area contributed by atoms with Gasteiger partial charge in [0.25, 0.3) is 0 Å². The summed E-state index contributed by atoms with van der Waals surface area (Å²) in [6.45, 7) is 4.00. The largest absolute Gasteiger partial charge is 0.379 e. The van der Waals surface area contributed by atoms with Crippen molar-refractivity contribution >= 4 is 10.1 Å². The SMILES string of the molecule is CC(C)c1ccc(OS(=O)(=O)c2ccc(F)cc2F)cc1. The van der Waals surface area contributed by atoms with E-state index in [0.29, 0.717) is 12.0 Å². The molecule has 2 rings (SSSR count). The summed E-state index contributed by atoms with van der Waals surface area (Å²) in [4.78, 5) is -0.697. The van der Waals surface area contributed by atoms with Gasteiger partial charge in [0.2, 0.25) is 0 Å². The van der Waals surface area contributed by atoms with Gasteiger partial charge in [-0.1, -0.05) is 26.0 Å². The number of hydrogen-bond donors (Lipinski definition) is 0. The standard InChI is InChI=1S/C15H14F2O3S/c1-10(2)11-3-6-13(7-4-11)20-21(18,19)15-8-5-12(16)9-14(15)17/h3-10H,1-2H3. The molecular formula is C15H14F2O3S. The monoisotopic (exact) mass is 312 g/mol. The van der Waals surface area contributed by atoms with E-state index < -0.39 is 26.6 Å². The van der Waals surface area contributed by atoms with Crippen molar-refractivity contribution < 1.29 is 21.4 Å². The van der Waals surface area contributed by atoms with Crippen LogP contribution in [-0.4, -0.2) is 8.42 Å². The third-order valence-corrected chi connectivity index (χ3v) is 4.20. The smallest absolute Gasteiger partial charge is 0.342 e. The Morgan fingerprint density at radius 1 is 1.00 bits per heavy atom. The minimum absolute atomic E-state index is 0.0723. The highest BCUT2D eigenvalue weighted by molar-refractivity contribution is 7.87. The van der Waals surface area contributed by atoms with E-state index in [4.69, 9.17) is 4.18 Å². The molecule has 0 amide bonds. The van der Waals surface area contributed by atoms with Gasteiger partial charge in [-0.2, -0.15) is 8.42 Å². The first kappa shape index (κ1) is 15.4. The lowest BCUT2D eigenvalue weighted by atomic mass is 10.0. The van der Waals surface area contributed by atoms with Crippen LogP contribution in [0.3, 0.4) is 0 Å². The molecule has 0 aliphatic rings. The van der Waals surface area contributed by atoms with Crippen LogP contribution in [0.4, 0.5) is 8.78 Å². The van der Waals surface area contributed by atoms with Gasteiger partial charge in [0.1, 0.15) is 22.3 Å². The van der Waals surface area contributed by atoms with Crippen molar-refractivity contribution in [3.63, 3.8) is 0 Å². The van der Waals surface area contributed by atoms with E-state index in [2.05, 4.69) is 0 Å². The van der Waals surface area contributed by atoms with Crippen molar-refractivity contribution in [2.45, 2.75) is 24.7 Å². The maximum Gasteiger partial charge on any atom is 0.342 e. The number of benzene rings is 2. The van der Waals surface area contributed by atoms with Gasteiger partial charge >= 0.3 is 10.1 Å². The lowest BCUT2D eigenvalue weighted by molar-refractivity contribution is 0.474. The molecule has 2 aromatic rings. The summed E-state index contributed by atoms with van der Waals surface area (Å²) in [5.41, 5.74) is 1.02. The molecule has 0 saturated heterocycles. The average Bonchev–Trinajstić information content (AvgIpc) is 2.38. The van der Waals surface area contributed by atoms with E-state index in [1.54, 1.807) is 12.1 Å². The zero-order valence-electron chi connectivity index (χ0n) is 11.5. The first-order valence-corrected chi connectivity index (χ1v) is 7.70. The highest BCUT2D eigenvalue weighted by Crippen LogP contribution is 2.23. The van der Waals surface area contributed by atoms with E-state index in [9.17, 15) is 17.2 Å².